The van der Waals surface area contributed by atoms with Crippen LogP contribution >= 0.6 is 0 Å². The number of nitrogens with one attached hydrogen (secondary N) is 1. The average Bonchev–Trinajstić information content (AvgIpc) is 2.96. The predicted molar refractivity (Wildman–Crippen MR) is 98.8 cm³/mol. The number of β-amino-alcohol motifs (C(OH)–C–C–N with tert-alkyl or cyclic N) is 1. The second-order valence-corrected chi connectivity index (χ2v) is 7.25. The second kappa shape index (κ2) is 8.38. The van der Waals surface area contributed by atoms with Gasteiger partial charge in [-0.25, -0.2) is 4.99 Å². The molecule has 2 N–H and O–H groups in total. The van der Waals surface area contributed by atoms with Crippen molar-refractivity contribution in [1.29, 1.82) is 0 Å². The summed E-state index contributed by atoms with van der Waals surface area (Å²) in [6.07, 6.45) is 0.563. The Kier molecular flexibility index (Phi) is 6.49. The van der Waals surface area contributed by atoms with Crippen LogP contribution in [0.2, 0.25) is 0 Å². The molecule has 1 saturated heterocycles. The van der Waals surface area contributed by atoms with Crippen molar-refractivity contribution in [3.05, 3.63) is 29.8 Å². The number of aliphatic hydroxyl groups is 1. The van der Waals surface area contributed by atoms with Gasteiger partial charge in [0.1, 0.15) is 12.4 Å². The first-order chi connectivity index (χ1) is 11.4. The van der Waals surface area contributed by atoms with Crippen LogP contribution in [-0.2, 0) is 5.41 Å². The molecule has 5 heteroatoms. The normalized spacial score (nSPS) is 18.8. The van der Waals surface area contributed by atoms with Crippen LogP contribution in [0, 0.1) is 0 Å². The zero-order chi connectivity index (χ0) is 17.6. The fourth-order valence-electron chi connectivity index (χ4n) is 2.73. The Balaban J connectivity index is 1.83. The first kappa shape index (κ1) is 18.6. The van der Waals surface area contributed by atoms with Gasteiger partial charge in [-0.05, 0) is 36.5 Å². The maximum Gasteiger partial charge on any atom is 0.194 e. The molecule has 0 amide bonds. The van der Waals surface area contributed by atoms with Crippen LogP contribution in [0.25, 0.3) is 0 Å². The molecule has 134 valence electrons. The van der Waals surface area contributed by atoms with Crippen LogP contribution in [0.5, 0.6) is 5.75 Å². The summed E-state index contributed by atoms with van der Waals surface area (Å²) >= 11 is 0. The van der Waals surface area contributed by atoms with Crippen molar-refractivity contribution in [2.24, 2.45) is 4.99 Å². The van der Waals surface area contributed by atoms with Crippen molar-refractivity contribution in [2.45, 2.75) is 45.6 Å². The average molecular weight is 333 g/mol. The lowest BCUT2D eigenvalue weighted by Crippen LogP contribution is -2.40. The molecular weight excluding hydrogens is 302 g/mol. The first-order valence-corrected chi connectivity index (χ1v) is 8.85. The van der Waals surface area contributed by atoms with Gasteiger partial charge in [-0.2, -0.15) is 0 Å². The van der Waals surface area contributed by atoms with E-state index in [9.17, 15) is 5.11 Å². The highest BCUT2D eigenvalue weighted by atomic mass is 16.5. The molecule has 24 heavy (non-hydrogen) atoms. The molecule has 1 aromatic carbocycles. The van der Waals surface area contributed by atoms with Crippen LogP contribution < -0.4 is 10.1 Å². The van der Waals surface area contributed by atoms with Crippen LogP contribution in [0.3, 0.4) is 0 Å². The van der Waals surface area contributed by atoms with Gasteiger partial charge < -0.3 is 20.1 Å². The number of rotatable bonds is 5. The number of hydrogen-bond donors (Lipinski definition) is 2. The summed E-state index contributed by atoms with van der Waals surface area (Å²) in [6.45, 7) is 12.1. The summed E-state index contributed by atoms with van der Waals surface area (Å²) in [6, 6.07) is 8.28. The largest absolute Gasteiger partial charge is 0.492 e. The van der Waals surface area contributed by atoms with E-state index >= 15 is 0 Å². The fraction of sp³-hybridized carbons (Fsp3) is 0.632. The van der Waals surface area contributed by atoms with E-state index < -0.39 is 0 Å². The zero-order valence-corrected chi connectivity index (χ0v) is 15.4. The molecule has 1 heterocycles. The third-order valence-corrected chi connectivity index (χ3v) is 4.14. The van der Waals surface area contributed by atoms with E-state index in [2.05, 4.69) is 55.0 Å². The van der Waals surface area contributed by atoms with Crippen LogP contribution in [0.4, 0.5) is 0 Å². The van der Waals surface area contributed by atoms with E-state index in [4.69, 9.17) is 4.74 Å². The molecule has 1 atom stereocenters. The number of aliphatic imine (C=N–C) groups is 1. The van der Waals surface area contributed by atoms with E-state index in [0.29, 0.717) is 19.7 Å². The number of likely N-dealkylation sites (tertiary alicyclic amines) is 1. The third kappa shape index (κ3) is 5.41. The Bertz CT molecular complexity index is 535. The molecule has 0 unspecified atom stereocenters. The second-order valence-electron chi connectivity index (χ2n) is 7.25. The zero-order valence-electron chi connectivity index (χ0n) is 15.4. The minimum atomic E-state index is -0.244. The summed E-state index contributed by atoms with van der Waals surface area (Å²) in [5, 5.41) is 12.9. The van der Waals surface area contributed by atoms with Gasteiger partial charge in [-0.1, -0.05) is 32.9 Å². The van der Waals surface area contributed by atoms with Gasteiger partial charge in [-0.15, -0.1) is 0 Å². The number of guanidine groups is 1. The lowest BCUT2D eigenvalue weighted by molar-refractivity contribution is 0.187. The van der Waals surface area contributed by atoms with E-state index in [0.717, 1.165) is 31.2 Å². The molecular formula is C19H31N3O2. The topological polar surface area (TPSA) is 57.1 Å². The van der Waals surface area contributed by atoms with Crippen molar-refractivity contribution < 1.29 is 9.84 Å². The number of ether oxygens (including phenoxy) is 1. The summed E-state index contributed by atoms with van der Waals surface area (Å²) in [7, 11) is 0. The molecule has 0 saturated carbocycles. The standard InChI is InChI=1S/C19H31N3O2/c1-5-20-18(22-12-10-16(23)14-22)21-11-13-24-17-8-6-15(7-9-17)19(2,3)4/h6-9,16,23H,5,10-14H2,1-4H3,(H,20,21)/t16-/m1/s1. The molecule has 0 aliphatic carbocycles. The van der Waals surface area contributed by atoms with Crippen molar-refractivity contribution in [2.75, 3.05) is 32.8 Å². The van der Waals surface area contributed by atoms with Crippen molar-refractivity contribution >= 4 is 5.96 Å². The Morgan fingerprint density at radius 3 is 2.58 bits per heavy atom. The highest BCUT2D eigenvalue weighted by Crippen LogP contribution is 2.24. The van der Waals surface area contributed by atoms with Crippen molar-refractivity contribution in [1.82, 2.24) is 10.2 Å². The Labute approximate surface area is 145 Å². The van der Waals surface area contributed by atoms with E-state index in [1.54, 1.807) is 0 Å². The number of hydrogen-bond acceptors (Lipinski definition) is 3. The lowest BCUT2D eigenvalue weighted by atomic mass is 9.87. The Morgan fingerprint density at radius 1 is 1.33 bits per heavy atom. The highest BCUT2D eigenvalue weighted by Gasteiger charge is 2.22. The summed E-state index contributed by atoms with van der Waals surface area (Å²) < 4.78 is 5.78. The monoisotopic (exact) mass is 333 g/mol. The molecule has 1 aliphatic heterocycles. The van der Waals surface area contributed by atoms with Gasteiger partial charge in [0.15, 0.2) is 5.96 Å². The van der Waals surface area contributed by atoms with Crippen LogP contribution in [0.1, 0.15) is 39.7 Å². The quantitative estimate of drug-likeness (QED) is 0.493. The van der Waals surface area contributed by atoms with Gasteiger partial charge in [0.25, 0.3) is 0 Å². The van der Waals surface area contributed by atoms with E-state index in [1.165, 1.54) is 5.56 Å². The fourth-order valence-corrected chi connectivity index (χ4v) is 2.73. The molecule has 2 rings (SSSR count). The number of aliphatic hydroxyl groups excluding tert-OH is 1. The van der Waals surface area contributed by atoms with Gasteiger partial charge in [-0.3, -0.25) is 0 Å². The van der Waals surface area contributed by atoms with Gasteiger partial charge in [0.2, 0.25) is 0 Å². The van der Waals surface area contributed by atoms with E-state index in [1.807, 2.05) is 12.1 Å². The number of benzene rings is 1. The Morgan fingerprint density at radius 2 is 2.04 bits per heavy atom. The third-order valence-electron chi connectivity index (χ3n) is 4.14. The minimum absolute atomic E-state index is 0.157. The summed E-state index contributed by atoms with van der Waals surface area (Å²) in [5.74, 6) is 1.74. The molecule has 0 bridgehead atoms. The molecule has 0 spiro atoms. The SMILES string of the molecule is CCNC(=NCCOc1ccc(C(C)(C)C)cc1)N1CC[C@@H](O)C1. The van der Waals surface area contributed by atoms with Crippen molar-refractivity contribution in [3.8, 4) is 5.75 Å². The smallest absolute Gasteiger partial charge is 0.194 e. The lowest BCUT2D eigenvalue weighted by Gasteiger charge is -2.21. The molecule has 1 aromatic rings. The minimum Gasteiger partial charge on any atom is -0.492 e. The predicted octanol–water partition coefficient (Wildman–Crippen LogP) is 2.40. The van der Waals surface area contributed by atoms with E-state index in [-0.39, 0.29) is 11.5 Å². The first-order valence-electron chi connectivity index (χ1n) is 8.85. The van der Waals surface area contributed by atoms with Crippen LogP contribution in [0.15, 0.2) is 29.3 Å². The maximum absolute atomic E-state index is 9.67. The molecule has 5 nitrogen and oxygen atoms in total. The molecule has 1 fully saturated rings. The maximum atomic E-state index is 9.67. The highest BCUT2D eigenvalue weighted by molar-refractivity contribution is 5.80. The van der Waals surface area contributed by atoms with Gasteiger partial charge in [0, 0.05) is 19.6 Å². The molecule has 1 aliphatic rings. The molecule has 0 aromatic heterocycles. The van der Waals surface area contributed by atoms with Crippen molar-refractivity contribution in [3.63, 3.8) is 0 Å². The van der Waals surface area contributed by atoms with Crippen LogP contribution in [-0.4, -0.2) is 54.9 Å². The summed E-state index contributed by atoms with van der Waals surface area (Å²) in [4.78, 5) is 6.70. The number of nitrogens with zero attached hydrogens (tertiary/aromatic N) is 2. The molecule has 0 radical (unpaired) electrons. The van der Waals surface area contributed by atoms with Gasteiger partial charge >= 0.3 is 0 Å². The van der Waals surface area contributed by atoms with Gasteiger partial charge in [0.05, 0.1) is 12.6 Å². The summed E-state index contributed by atoms with van der Waals surface area (Å²) in [5.41, 5.74) is 1.46. The Hall–Kier alpha value is -1.75.